The normalized spacial score (nSPS) is 26.7. The van der Waals surface area contributed by atoms with E-state index in [4.69, 9.17) is 0 Å². The minimum atomic E-state index is -0.383. The molecule has 0 unspecified atom stereocenters. The summed E-state index contributed by atoms with van der Waals surface area (Å²) < 4.78 is 12.7. The summed E-state index contributed by atoms with van der Waals surface area (Å²) in [7, 11) is 0. The van der Waals surface area contributed by atoms with Crippen LogP contribution in [-0.4, -0.2) is 33.6 Å². The quantitative estimate of drug-likeness (QED) is 0.733. The number of hydrogen-bond donors (Lipinski definition) is 0. The number of thioether (sulfide) groups is 1. The summed E-state index contributed by atoms with van der Waals surface area (Å²) in [4.78, 5) is 10.1. The van der Waals surface area contributed by atoms with Gasteiger partial charge in [0.25, 0.3) is 0 Å². The highest BCUT2D eigenvalue weighted by atomic mass is 32.2. The van der Waals surface area contributed by atoms with E-state index in [-0.39, 0.29) is 5.82 Å². The lowest BCUT2D eigenvalue weighted by Crippen LogP contribution is -2.41. The first-order chi connectivity index (χ1) is 7.15. The van der Waals surface area contributed by atoms with Gasteiger partial charge in [0.2, 0.25) is 5.95 Å². The van der Waals surface area contributed by atoms with Gasteiger partial charge in [-0.25, -0.2) is 14.4 Å². The summed E-state index contributed by atoms with van der Waals surface area (Å²) in [5.74, 6) is 0.252. The van der Waals surface area contributed by atoms with Crippen LogP contribution in [0.3, 0.4) is 0 Å². The largest absolute Gasteiger partial charge is 0.339 e. The van der Waals surface area contributed by atoms with E-state index in [9.17, 15) is 4.39 Å². The van der Waals surface area contributed by atoms with Gasteiger partial charge in [-0.05, 0) is 0 Å². The maximum Gasteiger partial charge on any atom is 0.225 e. The van der Waals surface area contributed by atoms with Gasteiger partial charge in [-0.3, -0.25) is 0 Å². The lowest BCUT2D eigenvalue weighted by Gasteiger charge is -2.34. The summed E-state index contributed by atoms with van der Waals surface area (Å²) in [6.07, 6.45) is 2.44. The van der Waals surface area contributed by atoms with Crippen LogP contribution in [0.2, 0.25) is 0 Å². The van der Waals surface area contributed by atoms with Crippen molar-refractivity contribution in [1.29, 1.82) is 0 Å². The van der Waals surface area contributed by atoms with Crippen molar-refractivity contribution in [2.75, 3.05) is 18.0 Å². The Morgan fingerprint density at radius 3 is 2.33 bits per heavy atom. The van der Waals surface area contributed by atoms with Gasteiger partial charge in [-0.15, -0.1) is 0 Å². The summed E-state index contributed by atoms with van der Waals surface area (Å²) in [5.41, 5.74) is 0. The molecule has 5 heteroatoms. The smallest absolute Gasteiger partial charge is 0.225 e. The van der Waals surface area contributed by atoms with Gasteiger partial charge < -0.3 is 4.90 Å². The van der Waals surface area contributed by atoms with E-state index in [2.05, 4.69) is 28.7 Å². The van der Waals surface area contributed by atoms with E-state index in [0.29, 0.717) is 16.4 Å². The van der Waals surface area contributed by atoms with E-state index in [1.807, 2.05) is 11.8 Å². The fourth-order valence-electron chi connectivity index (χ4n) is 1.81. The molecule has 0 amide bonds. The zero-order valence-electron chi connectivity index (χ0n) is 8.85. The van der Waals surface area contributed by atoms with Crippen molar-refractivity contribution in [1.82, 2.24) is 9.97 Å². The Hall–Kier alpha value is -0.840. The summed E-state index contributed by atoms with van der Waals surface area (Å²) in [5, 5.41) is 1.14. The van der Waals surface area contributed by atoms with Crippen molar-refractivity contribution >= 4 is 17.7 Å². The van der Waals surface area contributed by atoms with Crippen LogP contribution in [0.4, 0.5) is 10.3 Å². The van der Waals surface area contributed by atoms with Gasteiger partial charge in [0.1, 0.15) is 0 Å². The monoisotopic (exact) mass is 227 g/mol. The second kappa shape index (κ2) is 4.35. The Bertz CT molecular complexity index is 320. The highest BCUT2D eigenvalue weighted by Gasteiger charge is 2.23. The lowest BCUT2D eigenvalue weighted by molar-refractivity contribution is 0.609. The van der Waals surface area contributed by atoms with E-state index in [1.54, 1.807) is 0 Å². The van der Waals surface area contributed by atoms with E-state index in [1.165, 1.54) is 12.4 Å². The first-order valence-corrected chi connectivity index (χ1v) is 5.97. The number of halogens is 1. The number of nitrogens with zero attached hydrogens (tertiary/aromatic N) is 3. The van der Waals surface area contributed by atoms with E-state index >= 15 is 0 Å². The summed E-state index contributed by atoms with van der Waals surface area (Å²) in [6.45, 7) is 6.25. The molecule has 82 valence electrons. The van der Waals surface area contributed by atoms with Crippen molar-refractivity contribution in [2.45, 2.75) is 24.3 Å². The maximum atomic E-state index is 12.7. The van der Waals surface area contributed by atoms with E-state index < -0.39 is 0 Å². The van der Waals surface area contributed by atoms with Gasteiger partial charge >= 0.3 is 0 Å². The van der Waals surface area contributed by atoms with Gasteiger partial charge in [0.15, 0.2) is 5.82 Å². The number of hydrogen-bond acceptors (Lipinski definition) is 4. The third kappa shape index (κ3) is 2.59. The topological polar surface area (TPSA) is 29.0 Å². The van der Waals surface area contributed by atoms with Crippen molar-refractivity contribution in [3.8, 4) is 0 Å². The average Bonchev–Trinajstić information content (AvgIpc) is 2.17. The highest BCUT2D eigenvalue weighted by Crippen LogP contribution is 2.26. The molecule has 2 atom stereocenters. The molecular formula is C10H14FN3S. The Morgan fingerprint density at radius 1 is 1.27 bits per heavy atom. The van der Waals surface area contributed by atoms with Crippen LogP contribution < -0.4 is 4.90 Å². The predicted molar refractivity (Wildman–Crippen MR) is 60.7 cm³/mol. The third-order valence-corrected chi connectivity index (χ3v) is 3.54. The zero-order chi connectivity index (χ0) is 10.8. The lowest BCUT2D eigenvalue weighted by atomic mass is 10.3. The molecule has 0 aromatic carbocycles. The first kappa shape index (κ1) is 10.7. The van der Waals surface area contributed by atoms with Crippen LogP contribution in [0, 0.1) is 5.82 Å². The second-order valence-electron chi connectivity index (χ2n) is 3.86. The fraction of sp³-hybridized carbons (Fsp3) is 0.600. The SMILES string of the molecule is C[C@H]1CN(c2ncc(F)cn2)C[C@H](C)S1. The molecule has 3 nitrogen and oxygen atoms in total. The van der Waals surface area contributed by atoms with Crippen molar-refractivity contribution in [2.24, 2.45) is 0 Å². The van der Waals surface area contributed by atoms with Crippen LogP contribution >= 0.6 is 11.8 Å². The number of aromatic nitrogens is 2. The molecule has 0 bridgehead atoms. The zero-order valence-corrected chi connectivity index (χ0v) is 9.67. The van der Waals surface area contributed by atoms with Crippen LogP contribution in [-0.2, 0) is 0 Å². The predicted octanol–water partition coefficient (Wildman–Crippen LogP) is 1.95. The maximum absolute atomic E-state index is 12.7. The summed E-state index contributed by atoms with van der Waals surface area (Å²) in [6, 6.07) is 0. The third-order valence-electron chi connectivity index (χ3n) is 2.31. The van der Waals surface area contributed by atoms with Gasteiger partial charge in [-0.1, -0.05) is 13.8 Å². The van der Waals surface area contributed by atoms with Gasteiger partial charge in [0, 0.05) is 23.6 Å². The number of rotatable bonds is 1. The fourth-order valence-corrected chi connectivity index (χ4v) is 3.14. The Labute approximate surface area is 93.1 Å². The highest BCUT2D eigenvalue weighted by molar-refractivity contribution is 8.00. The van der Waals surface area contributed by atoms with Crippen LogP contribution in [0.5, 0.6) is 0 Å². The molecular weight excluding hydrogens is 213 g/mol. The Morgan fingerprint density at radius 2 is 1.80 bits per heavy atom. The molecule has 15 heavy (non-hydrogen) atoms. The van der Waals surface area contributed by atoms with Crippen LogP contribution in [0.1, 0.15) is 13.8 Å². The molecule has 1 aliphatic rings. The molecule has 0 aliphatic carbocycles. The molecule has 0 spiro atoms. The molecule has 0 N–H and O–H groups in total. The van der Waals surface area contributed by atoms with Gasteiger partial charge in [-0.2, -0.15) is 11.8 Å². The second-order valence-corrected chi connectivity index (χ2v) is 5.75. The molecule has 1 aromatic rings. The van der Waals surface area contributed by atoms with Crippen LogP contribution in [0.15, 0.2) is 12.4 Å². The molecule has 1 aromatic heterocycles. The molecule has 2 heterocycles. The standard InChI is InChI=1S/C10H14FN3S/c1-7-5-14(6-8(2)15-7)10-12-3-9(11)4-13-10/h3-4,7-8H,5-6H2,1-2H3/t7-,8-/m0/s1. The van der Waals surface area contributed by atoms with Crippen molar-refractivity contribution in [3.05, 3.63) is 18.2 Å². The number of anilines is 1. The van der Waals surface area contributed by atoms with Crippen LogP contribution in [0.25, 0.3) is 0 Å². The first-order valence-electron chi connectivity index (χ1n) is 5.03. The molecule has 0 radical (unpaired) electrons. The molecule has 1 fully saturated rings. The van der Waals surface area contributed by atoms with Crippen molar-refractivity contribution < 1.29 is 4.39 Å². The molecule has 0 saturated carbocycles. The minimum Gasteiger partial charge on any atom is -0.339 e. The molecule has 2 rings (SSSR count). The average molecular weight is 227 g/mol. The Kier molecular flexibility index (Phi) is 3.09. The van der Waals surface area contributed by atoms with Gasteiger partial charge in [0.05, 0.1) is 12.4 Å². The minimum absolute atomic E-state index is 0.383. The molecule has 1 saturated heterocycles. The Balaban J connectivity index is 2.12. The molecule has 1 aliphatic heterocycles. The van der Waals surface area contributed by atoms with E-state index in [0.717, 1.165) is 13.1 Å². The summed E-state index contributed by atoms with van der Waals surface area (Å²) >= 11 is 1.97. The van der Waals surface area contributed by atoms with Crippen molar-refractivity contribution in [3.63, 3.8) is 0 Å².